The third kappa shape index (κ3) is 2.34. The molecule has 1 aliphatic heterocycles. The van der Waals surface area contributed by atoms with Crippen LogP contribution in [0.3, 0.4) is 0 Å². The lowest BCUT2D eigenvalue weighted by Gasteiger charge is -2.62. The molecule has 1 N–H and O–H groups in total. The first kappa shape index (κ1) is 15.8. The second-order valence-electron chi connectivity index (χ2n) is 8.31. The number of amides is 1. The van der Waals surface area contributed by atoms with Gasteiger partial charge >= 0.3 is 0 Å². The van der Waals surface area contributed by atoms with Crippen molar-refractivity contribution in [2.75, 3.05) is 6.54 Å². The maximum atomic E-state index is 12.5. The van der Waals surface area contributed by atoms with Gasteiger partial charge < -0.3 is 10.2 Å². The van der Waals surface area contributed by atoms with Crippen LogP contribution in [0.1, 0.15) is 53.4 Å². The molecule has 0 unspecified atom stereocenters. The number of hydrogen-bond donors (Lipinski definition) is 1. The van der Waals surface area contributed by atoms with Crippen LogP contribution in [0, 0.1) is 34.5 Å². The highest BCUT2D eigenvalue weighted by Crippen LogP contribution is 2.61. The Labute approximate surface area is 134 Å². The number of carbonyl (C=O) groups is 1. The molecule has 0 aromatic carbocycles. The van der Waals surface area contributed by atoms with Crippen molar-refractivity contribution in [3.05, 3.63) is 0 Å². The van der Waals surface area contributed by atoms with Gasteiger partial charge in [-0.1, -0.05) is 20.8 Å². The summed E-state index contributed by atoms with van der Waals surface area (Å²) in [5.41, 5.74) is 0.483. The normalized spacial score (nSPS) is 42.6. The van der Waals surface area contributed by atoms with Crippen LogP contribution in [0.2, 0.25) is 0 Å². The van der Waals surface area contributed by atoms with Gasteiger partial charge in [-0.2, -0.15) is 5.26 Å². The predicted octanol–water partition coefficient (Wildman–Crippen LogP) is 2.55. The maximum Gasteiger partial charge on any atom is 0.237 e. The fraction of sp³-hybridized carbons (Fsp3) is 0.889. The molecular weight excluding hydrogens is 274 g/mol. The maximum absolute atomic E-state index is 12.5. The smallest absolute Gasteiger partial charge is 0.237 e. The molecule has 22 heavy (non-hydrogen) atoms. The first-order chi connectivity index (χ1) is 10.4. The minimum Gasteiger partial charge on any atom is -0.323 e. The van der Waals surface area contributed by atoms with Crippen molar-refractivity contribution in [3.63, 3.8) is 0 Å². The van der Waals surface area contributed by atoms with Crippen molar-refractivity contribution < 1.29 is 4.79 Å². The molecule has 122 valence electrons. The van der Waals surface area contributed by atoms with Gasteiger partial charge in [0.05, 0.1) is 12.6 Å². The Morgan fingerprint density at radius 2 is 2.05 bits per heavy atom. The van der Waals surface area contributed by atoms with Gasteiger partial charge in [-0.3, -0.25) is 4.79 Å². The second kappa shape index (κ2) is 5.53. The summed E-state index contributed by atoms with van der Waals surface area (Å²) < 4.78 is 0. The van der Waals surface area contributed by atoms with E-state index in [-0.39, 0.29) is 18.0 Å². The molecule has 1 amide bonds. The van der Waals surface area contributed by atoms with E-state index >= 15 is 0 Å². The van der Waals surface area contributed by atoms with Crippen molar-refractivity contribution in [2.24, 2.45) is 23.2 Å². The number of rotatable bonds is 3. The lowest BCUT2D eigenvalue weighted by molar-refractivity contribution is -0.134. The molecule has 4 nitrogen and oxygen atoms in total. The van der Waals surface area contributed by atoms with E-state index in [4.69, 9.17) is 0 Å². The number of nitriles is 1. The zero-order valence-corrected chi connectivity index (χ0v) is 14.3. The van der Waals surface area contributed by atoms with E-state index < -0.39 is 0 Å². The topological polar surface area (TPSA) is 56.1 Å². The van der Waals surface area contributed by atoms with Gasteiger partial charge in [0.1, 0.15) is 6.04 Å². The molecule has 4 heteroatoms. The summed E-state index contributed by atoms with van der Waals surface area (Å²) in [5.74, 6) is 2.33. The fourth-order valence-electron chi connectivity index (χ4n) is 5.26. The number of fused-ring (bicyclic) bond motifs is 2. The summed E-state index contributed by atoms with van der Waals surface area (Å²) in [5, 5.41) is 12.7. The molecule has 0 radical (unpaired) electrons. The molecule has 4 aliphatic rings. The molecule has 1 heterocycles. The fourth-order valence-corrected chi connectivity index (χ4v) is 5.26. The molecule has 0 aromatic heterocycles. The van der Waals surface area contributed by atoms with Crippen molar-refractivity contribution in [3.8, 4) is 6.07 Å². The van der Waals surface area contributed by atoms with Gasteiger partial charge in [-0.05, 0) is 55.8 Å². The number of carbonyl (C=O) groups excluding carboxylic acids is 1. The Kier molecular flexibility index (Phi) is 3.97. The average Bonchev–Trinajstić information content (AvgIpc) is 2.86. The third-order valence-corrected chi connectivity index (χ3v) is 6.98. The van der Waals surface area contributed by atoms with Crippen LogP contribution < -0.4 is 5.32 Å². The summed E-state index contributed by atoms with van der Waals surface area (Å²) >= 11 is 0. The largest absolute Gasteiger partial charge is 0.323 e. The molecule has 3 saturated carbocycles. The Balaban J connectivity index is 1.55. The Morgan fingerprint density at radius 1 is 1.32 bits per heavy atom. The Morgan fingerprint density at radius 3 is 2.64 bits per heavy atom. The number of hydrogen-bond acceptors (Lipinski definition) is 3. The van der Waals surface area contributed by atoms with Crippen molar-refractivity contribution in [1.29, 1.82) is 5.26 Å². The van der Waals surface area contributed by atoms with Crippen molar-refractivity contribution >= 4 is 5.91 Å². The Bertz CT molecular complexity index is 495. The molecule has 3 aliphatic carbocycles. The minimum atomic E-state index is -0.222. The zero-order valence-electron chi connectivity index (χ0n) is 14.3. The van der Waals surface area contributed by atoms with Gasteiger partial charge in [0.15, 0.2) is 0 Å². The summed E-state index contributed by atoms with van der Waals surface area (Å²) in [6, 6.07) is 2.71. The highest BCUT2D eigenvalue weighted by Gasteiger charge is 2.56. The van der Waals surface area contributed by atoms with Crippen LogP contribution >= 0.6 is 0 Å². The highest BCUT2D eigenvalue weighted by molar-refractivity contribution is 5.79. The molecule has 2 bridgehead atoms. The molecule has 6 atom stereocenters. The number of nitrogens with zero attached hydrogens (tertiary/aromatic N) is 2. The van der Waals surface area contributed by atoms with Crippen molar-refractivity contribution in [1.82, 2.24) is 10.2 Å². The standard InChI is InChI=1S/C18H29N3O/c1-11-5-6-14(9-19)21(11)17(22)10-20-16-8-13-7-15(12(16)2)18(13,3)4/h11-16,20H,5-8,10H2,1-4H3/t11-,12-,13+,14+,15+,16+/m1/s1. The van der Waals surface area contributed by atoms with Crippen LogP contribution in [-0.2, 0) is 4.79 Å². The number of likely N-dealkylation sites (tertiary alicyclic amines) is 1. The molecule has 1 saturated heterocycles. The lowest BCUT2D eigenvalue weighted by atomic mass is 9.45. The van der Waals surface area contributed by atoms with Crippen LogP contribution in [0.15, 0.2) is 0 Å². The third-order valence-electron chi connectivity index (χ3n) is 6.98. The second-order valence-corrected chi connectivity index (χ2v) is 8.31. The minimum absolute atomic E-state index is 0.0993. The summed E-state index contributed by atoms with van der Waals surface area (Å²) in [6.45, 7) is 9.56. The van der Waals surface area contributed by atoms with Gasteiger partial charge in [-0.15, -0.1) is 0 Å². The molecular formula is C18H29N3O. The van der Waals surface area contributed by atoms with E-state index in [1.54, 1.807) is 4.90 Å². The van der Waals surface area contributed by atoms with Crippen LogP contribution in [-0.4, -0.2) is 35.5 Å². The van der Waals surface area contributed by atoms with E-state index in [1.165, 1.54) is 12.8 Å². The van der Waals surface area contributed by atoms with E-state index in [1.807, 2.05) is 0 Å². The summed E-state index contributed by atoms with van der Waals surface area (Å²) in [7, 11) is 0. The average molecular weight is 303 g/mol. The summed E-state index contributed by atoms with van der Waals surface area (Å²) in [6.07, 6.45) is 4.32. The van der Waals surface area contributed by atoms with E-state index in [0.717, 1.165) is 24.7 Å². The van der Waals surface area contributed by atoms with Crippen LogP contribution in [0.25, 0.3) is 0 Å². The van der Waals surface area contributed by atoms with E-state index in [2.05, 4.69) is 39.1 Å². The molecule has 0 spiro atoms. The van der Waals surface area contributed by atoms with Crippen LogP contribution in [0.5, 0.6) is 0 Å². The molecule has 4 fully saturated rings. The van der Waals surface area contributed by atoms with E-state index in [0.29, 0.717) is 23.9 Å². The zero-order chi connectivity index (χ0) is 16.1. The van der Waals surface area contributed by atoms with Crippen molar-refractivity contribution in [2.45, 2.75) is 71.5 Å². The summed E-state index contributed by atoms with van der Waals surface area (Å²) in [4.78, 5) is 14.3. The Hall–Kier alpha value is -1.08. The highest BCUT2D eigenvalue weighted by atomic mass is 16.2. The van der Waals surface area contributed by atoms with Gasteiger partial charge in [0.25, 0.3) is 0 Å². The van der Waals surface area contributed by atoms with Gasteiger partial charge in [0, 0.05) is 12.1 Å². The SMILES string of the molecule is C[C@H]1[C@@H](NCC(=O)N2[C@H](C)CC[C@H]2C#N)C[C@@H]2C[C@@H]1C2(C)C. The first-order valence-electron chi connectivity index (χ1n) is 8.80. The molecule has 4 rings (SSSR count). The van der Waals surface area contributed by atoms with E-state index in [9.17, 15) is 10.1 Å². The quantitative estimate of drug-likeness (QED) is 0.871. The first-order valence-corrected chi connectivity index (χ1v) is 8.80. The monoisotopic (exact) mass is 303 g/mol. The van der Waals surface area contributed by atoms with Crippen LogP contribution in [0.4, 0.5) is 0 Å². The lowest BCUT2D eigenvalue weighted by Crippen LogP contribution is -2.60. The predicted molar refractivity (Wildman–Crippen MR) is 85.9 cm³/mol. The molecule has 0 aromatic rings. The number of nitrogens with one attached hydrogen (secondary N) is 1. The van der Waals surface area contributed by atoms with Gasteiger partial charge in [-0.25, -0.2) is 0 Å². The van der Waals surface area contributed by atoms with Gasteiger partial charge in [0.2, 0.25) is 5.91 Å².